The molecule has 1 N–H and O–H groups in total. The van der Waals surface area contributed by atoms with E-state index in [1.54, 1.807) is 0 Å². The first-order chi connectivity index (χ1) is 5.92. The number of ether oxygens (including phenoxy) is 1. The monoisotopic (exact) mass is 170 g/mol. The van der Waals surface area contributed by atoms with E-state index in [-0.39, 0.29) is 0 Å². The van der Waals surface area contributed by atoms with Crippen LogP contribution in [0, 0.1) is 11.8 Å². The maximum absolute atomic E-state index is 8.86. The Labute approximate surface area is 73.9 Å². The van der Waals surface area contributed by atoms with E-state index >= 15 is 0 Å². The third-order valence-corrected chi connectivity index (χ3v) is 3.38. The van der Waals surface area contributed by atoms with Crippen LogP contribution in [0.2, 0.25) is 0 Å². The highest BCUT2D eigenvalue weighted by atomic mass is 16.5. The van der Waals surface area contributed by atoms with Gasteiger partial charge >= 0.3 is 0 Å². The van der Waals surface area contributed by atoms with Gasteiger partial charge in [-0.15, -0.1) is 0 Å². The summed E-state index contributed by atoms with van der Waals surface area (Å²) in [5.74, 6) is 1.42. The lowest BCUT2D eigenvalue weighted by atomic mass is 9.79. The quantitative estimate of drug-likeness (QED) is 0.681. The molecule has 1 saturated carbocycles. The number of hydrogen-bond donors (Lipinski definition) is 1. The van der Waals surface area contributed by atoms with Gasteiger partial charge in [0.25, 0.3) is 0 Å². The Morgan fingerprint density at radius 3 is 2.92 bits per heavy atom. The van der Waals surface area contributed by atoms with E-state index in [0.29, 0.717) is 18.6 Å². The summed E-state index contributed by atoms with van der Waals surface area (Å²) in [5.41, 5.74) is 0. The average molecular weight is 170 g/mol. The van der Waals surface area contributed by atoms with Crippen molar-refractivity contribution in [1.82, 2.24) is 0 Å². The Morgan fingerprint density at radius 1 is 1.25 bits per heavy atom. The Kier molecular flexibility index (Phi) is 2.66. The third kappa shape index (κ3) is 1.50. The highest BCUT2D eigenvalue weighted by Gasteiger charge is 2.37. The molecule has 1 heterocycles. The second-order valence-electron chi connectivity index (χ2n) is 4.09. The minimum absolute atomic E-state index is 0.331. The van der Waals surface area contributed by atoms with Crippen molar-refractivity contribution in [2.45, 2.75) is 38.2 Å². The van der Waals surface area contributed by atoms with Crippen molar-refractivity contribution in [3.63, 3.8) is 0 Å². The van der Waals surface area contributed by atoms with Crippen LogP contribution in [0.1, 0.15) is 32.1 Å². The van der Waals surface area contributed by atoms with Crippen LogP contribution < -0.4 is 0 Å². The molecule has 0 radical (unpaired) electrons. The molecule has 1 aliphatic heterocycles. The molecule has 3 unspecified atom stereocenters. The van der Waals surface area contributed by atoms with E-state index in [4.69, 9.17) is 9.84 Å². The van der Waals surface area contributed by atoms with Gasteiger partial charge in [0.15, 0.2) is 0 Å². The fraction of sp³-hybridized carbons (Fsp3) is 1.00. The zero-order chi connectivity index (χ0) is 8.39. The Balaban J connectivity index is 1.92. The van der Waals surface area contributed by atoms with E-state index in [2.05, 4.69) is 0 Å². The molecule has 2 rings (SSSR count). The van der Waals surface area contributed by atoms with Gasteiger partial charge in [-0.25, -0.2) is 0 Å². The molecule has 0 aromatic carbocycles. The lowest BCUT2D eigenvalue weighted by Crippen LogP contribution is -2.24. The van der Waals surface area contributed by atoms with Crippen molar-refractivity contribution in [1.29, 1.82) is 0 Å². The number of hydrogen-bond acceptors (Lipinski definition) is 2. The predicted molar refractivity (Wildman–Crippen MR) is 46.9 cm³/mol. The lowest BCUT2D eigenvalue weighted by Gasteiger charge is -2.26. The number of rotatable bonds is 2. The highest BCUT2D eigenvalue weighted by molar-refractivity contribution is 4.86. The standard InChI is InChI=1S/C10H18O2/c11-6-5-8-7-12-10-4-2-1-3-9(8)10/h8-11H,1-7H2. The van der Waals surface area contributed by atoms with Gasteiger partial charge in [0, 0.05) is 6.61 Å². The predicted octanol–water partition coefficient (Wildman–Crippen LogP) is 1.57. The number of aliphatic hydroxyl groups is 1. The summed E-state index contributed by atoms with van der Waals surface area (Å²) in [5, 5.41) is 8.86. The van der Waals surface area contributed by atoms with Gasteiger partial charge in [-0.05, 0) is 31.1 Å². The van der Waals surface area contributed by atoms with Crippen LogP contribution in [0.5, 0.6) is 0 Å². The van der Waals surface area contributed by atoms with Gasteiger partial charge < -0.3 is 9.84 Å². The fourth-order valence-electron chi connectivity index (χ4n) is 2.71. The van der Waals surface area contributed by atoms with Crippen molar-refractivity contribution in [2.24, 2.45) is 11.8 Å². The molecule has 3 atom stereocenters. The molecule has 0 aromatic rings. The molecule has 2 fully saturated rings. The van der Waals surface area contributed by atoms with Crippen LogP contribution in [0.4, 0.5) is 0 Å². The van der Waals surface area contributed by atoms with Gasteiger partial charge in [0.2, 0.25) is 0 Å². The number of aliphatic hydroxyl groups excluding tert-OH is 1. The third-order valence-electron chi connectivity index (χ3n) is 3.38. The van der Waals surface area contributed by atoms with E-state index in [1.807, 2.05) is 0 Å². The summed E-state index contributed by atoms with van der Waals surface area (Å²) in [6, 6.07) is 0. The first kappa shape index (κ1) is 8.52. The van der Waals surface area contributed by atoms with E-state index < -0.39 is 0 Å². The van der Waals surface area contributed by atoms with Gasteiger partial charge in [-0.2, -0.15) is 0 Å². The summed E-state index contributed by atoms with van der Waals surface area (Å²) in [6.07, 6.45) is 6.78. The minimum Gasteiger partial charge on any atom is -0.396 e. The molecule has 1 saturated heterocycles. The first-order valence-electron chi connectivity index (χ1n) is 5.14. The molecule has 0 aromatic heterocycles. The van der Waals surface area contributed by atoms with Crippen LogP contribution in [0.15, 0.2) is 0 Å². The van der Waals surface area contributed by atoms with Crippen LogP contribution in [-0.2, 0) is 4.74 Å². The second kappa shape index (κ2) is 3.75. The van der Waals surface area contributed by atoms with Gasteiger partial charge in [0.05, 0.1) is 12.7 Å². The summed E-state index contributed by atoms with van der Waals surface area (Å²) in [4.78, 5) is 0. The van der Waals surface area contributed by atoms with Gasteiger partial charge in [-0.1, -0.05) is 12.8 Å². The number of fused-ring (bicyclic) bond motifs is 1. The summed E-state index contributed by atoms with van der Waals surface area (Å²) >= 11 is 0. The van der Waals surface area contributed by atoms with Crippen molar-refractivity contribution in [2.75, 3.05) is 13.2 Å². The Morgan fingerprint density at radius 2 is 2.08 bits per heavy atom. The lowest BCUT2D eigenvalue weighted by molar-refractivity contribution is 0.0662. The summed E-state index contributed by atoms with van der Waals surface area (Å²) < 4.78 is 5.71. The van der Waals surface area contributed by atoms with Crippen LogP contribution in [-0.4, -0.2) is 24.4 Å². The molecular weight excluding hydrogens is 152 g/mol. The van der Waals surface area contributed by atoms with E-state index in [1.165, 1.54) is 25.7 Å². The van der Waals surface area contributed by atoms with Crippen molar-refractivity contribution in [3.8, 4) is 0 Å². The second-order valence-corrected chi connectivity index (χ2v) is 4.09. The van der Waals surface area contributed by atoms with Gasteiger partial charge in [0.1, 0.15) is 0 Å². The van der Waals surface area contributed by atoms with Crippen LogP contribution in [0.25, 0.3) is 0 Å². The van der Waals surface area contributed by atoms with Crippen molar-refractivity contribution < 1.29 is 9.84 Å². The van der Waals surface area contributed by atoms with E-state index in [0.717, 1.165) is 18.9 Å². The normalized spacial score (nSPS) is 41.2. The highest BCUT2D eigenvalue weighted by Crippen LogP contribution is 2.39. The smallest absolute Gasteiger partial charge is 0.0606 e. The molecular formula is C10H18O2. The van der Waals surface area contributed by atoms with E-state index in [9.17, 15) is 0 Å². The molecule has 12 heavy (non-hydrogen) atoms. The SMILES string of the molecule is OCCC1COC2CCCCC12. The molecule has 2 heteroatoms. The molecule has 0 spiro atoms. The molecule has 2 aliphatic rings. The van der Waals surface area contributed by atoms with Crippen LogP contribution >= 0.6 is 0 Å². The Bertz CT molecular complexity index is 147. The molecule has 2 nitrogen and oxygen atoms in total. The van der Waals surface area contributed by atoms with Crippen molar-refractivity contribution >= 4 is 0 Å². The summed E-state index contributed by atoms with van der Waals surface area (Å²) in [7, 11) is 0. The first-order valence-corrected chi connectivity index (χ1v) is 5.14. The minimum atomic E-state index is 0.331. The molecule has 0 amide bonds. The fourth-order valence-corrected chi connectivity index (χ4v) is 2.71. The van der Waals surface area contributed by atoms with Crippen LogP contribution in [0.3, 0.4) is 0 Å². The topological polar surface area (TPSA) is 29.5 Å². The molecule has 1 aliphatic carbocycles. The zero-order valence-electron chi connectivity index (χ0n) is 7.54. The molecule has 0 bridgehead atoms. The molecule has 70 valence electrons. The van der Waals surface area contributed by atoms with Crippen molar-refractivity contribution in [3.05, 3.63) is 0 Å². The van der Waals surface area contributed by atoms with Gasteiger partial charge in [-0.3, -0.25) is 0 Å². The maximum atomic E-state index is 8.86. The Hall–Kier alpha value is -0.0800. The zero-order valence-corrected chi connectivity index (χ0v) is 7.54. The average Bonchev–Trinajstić information content (AvgIpc) is 2.50. The maximum Gasteiger partial charge on any atom is 0.0606 e. The summed E-state index contributed by atoms with van der Waals surface area (Å²) in [6.45, 7) is 1.23. The largest absolute Gasteiger partial charge is 0.396 e.